The minimum absolute atomic E-state index is 0.727. The van der Waals surface area contributed by atoms with Crippen molar-refractivity contribution in [3.63, 3.8) is 0 Å². The van der Waals surface area contributed by atoms with Crippen LogP contribution in [-0.2, 0) is 13.0 Å². The number of ether oxygens (including phenoxy) is 1. The molecule has 0 saturated carbocycles. The van der Waals surface area contributed by atoms with E-state index in [0.29, 0.717) is 0 Å². The van der Waals surface area contributed by atoms with E-state index in [1.165, 1.54) is 11.1 Å². The summed E-state index contributed by atoms with van der Waals surface area (Å²) < 4.78 is 7.78. The van der Waals surface area contributed by atoms with Gasteiger partial charge in [0.05, 0.1) is 16.8 Å². The minimum Gasteiger partial charge on any atom is -0.493 e. The number of fused-ring (bicyclic) bond motifs is 1. The third-order valence-electron chi connectivity index (χ3n) is 3.07. The van der Waals surface area contributed by atoms with E-state index >= 15 is 0 Å². The first-order valence-electron chi connectivity index (χ1n) is 6.01. The van der Waals surface area contributed by atoms with Gasteiger partial charge in [-0.25, -0.2) is 0 Å². The number of nitrogens with zero attached hydrogens (tertiary/aromatic N) is 1. The minimum atomic E-state index is 0.727. The fourth-order valence-electron chi connectivity index (χ4n) is 2.19. The highest BCUT2D eigenvalue weighted by atomic mass is 79.9. The Bertz CT molecular complexity index is 616. The summed E-state index contributed by atoms with van der Waals surface area (Å²) in [6.07, 6.45) is 4.54. The molecule has 98 valence electrons. The first-order chi connectivity index (χ1) is 9.24. The molecule has 0 fully saturated rings. The van der Waals surface area contributed by atoms with E-state index in [1.807, 2.05) is 6.07 Å². The molecule has 0 spiro atoms. The average molecular weight is 384 g/mol. The molecule has 0 radical (unpaired) electrons. The molecular weight excluding hydrogens is 372 g/mol. The number of hydrogen-bond acceptors (Lipinski definition) is 3. The predicted molar refractivity (Wildman–Crippen MR) is 82.6 cm³/mol. The first kappa shape index (κ1) is 12.9. The molecule has 1 aliphatic rings. The van der Waals surface area contributed by atoms with Crippen LogP contribution in [0.5, 0.6) is 5.75 Å². The Labute approximate surface area is 128 Å². The highest BCUT2D eigenvalue weighted by Crippen LogP contribution is 2.33. The molecular formula is C14H12Br2N2O. The summed E-state index contributed by atoms with van der Waals surface area (Å²) in [5.41, 5.74) is 3.48. The van der Waals surface area contributed by atoms with Gasteiger partial charge in [-0.2, -0.15) is 0 Å². The Kier molecular flexibility index (Phi) is 3.75. The summed E-state index contributed by atoms with van der Waals surface area (Å²) in [4.78, 5) is 4.05. The zero-order chi connectivity index (χ0) is 13.2. The van der Waals surface area contributed by atoms with E-state index in [1.54, 1.807) is 12.4 Å². The topological polar surface area (TPSA) is 34.2 Å². The molecule has 0 aliphatic carbocycles. The van der Waals surface area contributed by atoms with Crippen LogP contribution >= 0.6 is 31.9 Å². The largest absolute Gasteiger partial charge is 0.493 e. The van der Waals surface area contributed by atoms with Crippen LogP contribution in [-0.4, -0.2) is 11.6 Å². The van der Waals surface area contributed by atoms with Crippen LogP contribution in [0.15, 0.2) is 39.5 Å². The Morgan fingerprint density at radius 3 is 3.05 bits per heavy atom. The van der Waals surface area contributed by atoms with Gasteiger partial charge in [0.1, 0.15) is 5.75 Å². The molecule has 19 heavy (non-hydrogen) atoms. The summed E-state index contributed by atoms with van der Waals surface area (Å²) in [6, 6.07) is 6.18. The lowest BCUT2D eigenvalue weighted by molar-refractivity contribution is 0.354. The first-order valence-corrected chi connectivity index (χ1v) is 7.60. The quantitative estimate of drug-likeness (QED) is 0.864. The smallest absolute Gasteiger partial charge is 0.127 e. The molecule has 2 heterocycles. The molecule has 0 amide bonds. The number of anilines is 1. The lowest BCUT2D eigenvalue weighted by atomic mass is 10.1. The van der Waals surface area contributed by atoms with Gasteiger partial charge in [0.25, 0.3) is 0 Å². The van der Waals surface area contributed by atoms with Crippen molar-refractivity contribution in [2.75, 3.05) is 11.9 Å². The monoisotopic (exact) mass is 382 g/mol. The second-order valence-corrected chi connectivity index (χ2v) is 6.13. The predicted octanol–water partition coefficient (Wildman–Crippen LogP) is 4.15. The molecule has 5 heteroatoms. The second-order valence-electron chi connectivity index (χ2n) is 4.36. The summed E-state index contributed by atoms with van der Waals surface area (Å²) in [5, 5.41) is 3.40. The van der Waals surface area contributed by atoms with Crippen molar-refractivity contribution in [2.45, 2.75) is 13.0 Å². The van der Waals surface area contributed by atoms with Crippen LogP contribution in [0.2, 0.25) is 0 Å². The SMILES string of the molecule is Brc1cc2c(c(CNc3ccncc3Br)c1)OCC2. The van der Waals surface area contributed by atoms with Gasteiger partial charge in [0.15, 0.2) is 0 Å². The highest BCUT2D eigenvalue weighted by Gasteiger charge is 2.17. The third kappa shape index (κ3) is 2.77. The van der Waals surface area contributed by atoms with E-state index in [4.69, 9.17) is 4.74 Å². The maximum atomic E-state index is 5.72. The van der Waals surface area contributed by atoms with Crippen molar-refractivity contribution in [3.05, 3.63) is 50.7 Å². The maximum Gasteiger partial charge on any atom is 0.127 e. The Hall–Kier alpha value is -1.07. The molecule has 1 aromatic carbocycles. The summed E-state index contributed by atoms with van der Waals surface area (Å²) in [5.74, 6) is 1.03. The molecule has 0 atom stereocenters. The maximum absolute atomic E-state index is 5.72. The van der Waals surface area contributed by atoms with Crippen LogP contribution in [0.25, 0.3) is 0 Å². The van der Waals surface area contributed by atoms with E-state index in [2.05, 4.69) is 54.3 Å². The van der Waals surface area contributed by atoms with Gasteiger partial charge in [-0.05, 0) is 39.7 Å². The molecule has 3 nitrogen and oxygen atoms in total. The summed E-state index contributed by atoms with van der Waals surface area (Å²) in [6.45, 7) is 1.50. The molecule has 0 saturated heterocycles. The zero-order valence-electron chi connectivity index (χ0n) is 10.1. The summed E-state index contributed by atoms with van der Waals surface area (Å²) in [7, 11) is 0. The standard InChI is InChI=1S/C14H12Br2N2O/c15-11-5-9-2-4-19-14(9)10(6-11)7-18-13-1-3-17-8-12(13)16/h1,3,5-6,8H,2,4,7H2,(H,17,18). The number of benzene rings is 1. The number of halogens is 2. The van der Waals surface area contributed by atoms with Crippen molar-refractivity contribution >= 4 is 37.5 Å². The van der Waals surface area contributed by atoms with E-state index in [-0.39, 0.29) is 0 Å². The molecule has 0 bridgehead atoms. The van der Waals surface area contributed by atoms with E-state index in [9.17, 15) is 0 Å². The van der Waals surface area contributed by atoms with Crippen molar-refractivity contribution in [1.29, 1.82) is 0 Å². The molecule has 0 unspecified atom stereocenters. The van der Waals surface area contributed by atoms with Crippen molar-refractivity contribution < 1.29 is 4.74 Å². The van der Waals surface area contributed by atoms with Crippen molar-refractivity contribution in [3.8, 4) is 5.75 Å². The van der Waals surface area contributed by atoms with Crippen molar-refractivity contribution in [1.82, 2.24) is 4.98 Å². The lowest BCUT2D eigenvalue weighted by Crippen LogP contribution is -2.02. The highest BCUT2D eigenvalue weighted by molar-refractivity contribution is 9.10. The number of aromatic nitrogens is 1. The third-order valence-corrected chi connectivity index (χ3v) is 4.16. The fourth-order valence-corrected chi connectivity index (χ4v) is 3.13. The van der Waals surface area contributed by atoms with Gasteiger partial charge in [0, 0.05) is 35.4 Å². The summed E-state index contributed by atoms with van der Waals surface area (Å²) >= 11 is 7.04. The Morgan fingerprint density at radius 1 is 1.32 bits per heavy atom. The van der Waals surface area contributed by atoms with Gasteiger partial charge in [0.2, 0.25) is 0 Å². The van der Waals surface area contributed by atoms with Gasteiger partial charge in [-0.1, -0.05) is 15.9 Å². The van der Waals surface area contributed by atoms with Crippen LogP contribution in [0.1, 0.15) is 11.1 Å². The lowest BCUT2D eigenvalue weighted by Gasteiger charge is -2.12. The van der Waals surface area contributed by atoms with Gasteiger partial charge < -0.3 is 10.1 Å². The van der Waals surface area contributed by atoms with Gasteiger partial charge in [-0.3, -0.25) is 4.98 Å². The van der Waals surface area contributed by atoms with Gasteiger partial charge >= 0.3 is 0 Å². The van der Waals surface area contributed by atoms with Crippen LogP contribution in [0.3, 0.4) is 0 Å². The normalized spacial score (nSPS) is 12.9. The molecule has 3 rings (SSSR count). The van der Waals surface area contributed by atoms with E-state index in [0.717, 1.165) is 40.0 Å². The van der Waals surface area contributed by atoms with Crippen LogP contribution in [0, 0.1) is 0 Å². The molecule has 1 aromatic heterocycles. The second kappa shape index (κ2) is 5.51. The van der Waals surface area contributed by atoms with Crippen LogP contribution in [0.4, 0.5) is 5.69 Å². The number of hydrogen-bond donors (Lipinski definition) is 1. The Balaban J connectivity index is 1.83. The molecule has 1 aliphatic heterocycles. The Morgan fingerprint density at radius 2 is 2.21 bits per heavy atom. The number of nitrogens with one attached hydrogen (secondary N) is 1. The average Bonchev–Trinajstić information content (AvgIpc) is 2.85. The van der Waals surface area contributed by atoms with Gasteiger partial charge in [-0.15, -0.1) is 0 Å². The van der Waals surface area contributed by atoms with Crippen LogP contribution < -0.4 is 10.1 Å². The van der Waals surface area contributed by atoms with Crippen molar-refractivity contribution in [2.24, 2.45) is 0 Å². The fraction of sp³-hybridized carbons (Fsp3) is 0.214. The zero-order valence-corrected chi connectivity index (χ0v) is 13.3. The molecule has 2 aromatic rings. The molecule has 1 N–H and O–H groups in total. The van der Waals surface area contributed by atoms with E-state index < -0.39 is 0 Å². The number of rotatable bonds is 3. The number of pyridine rings is 1.